The first-order valence-corrected chi connectivity index (χ1v) is 12.3. The molecule has 1 aromatic heterocycles. The van der Waals surface area contributed by atoms with Gasteiger partial charge >= 0.3 is 6.03 Å². The lowest BCUT2D eigenvalue weighted by Gasteiger charge is -2.34. The van der Waals surface area contributed by atoms with Gasteiger partial charge in [-0.15, -0.1) is 0 Å². The van der Waals surface area contributed by atoms with Crippen LogP contribution in [-0.4, -0.2) is 61.2 Å². The molecule has 0 aliphatic carbocycles. The molecule has 0 saturated carbocycles. The number of amides is 2. The van der Waals surface area contributed by atoms with Crippen LogP contribution < -0.4 is 20.4 Å². The molecule has 8 nitrogen and oxygen atoms in total. The van der Waals surface area contributed by atoms with Crippen molar-refractivity contribution < 1.29 is 4.79 Å². The highest BCUT2D eigenvalue weighted by Gasteiger charge is 2.15. The van der Waals surface area contributed by atoms with Gasteiger partial charge in [0.25, 0.3) is 0 Å². The monoisotopic (exact) mass is 477 g/mol. The lowest BCUT2D eigenvalue weighted by atomic mass is 10.2. The van der Waals surface area contributed by atoms with Gasteiger partial charge in [-0.2, -0.15) is 0 Å². The van der Waals surface area contributed by atoms with Crippen LogP contribution >= 0.6 is 0 Å². The Bertz CT molecular complexity index is 1000. The molecular weight excluding hydrogens is 438 g/mol. The number of benzene rings is 2. The van der Waals surface area contributed by atoms with Crippen LogP contribution in [0.15, 0.2) is 67.0 Å². The van der Waals surface area contributed by atoms with E-state index in [0.29, 0.717) is 11.6 Å². The van der Waals surface area contributed by atoms with Crippen molar-refractivity contribution in [1.29, 1.82) is 0 Å². The van der Waals surface area contributed by atoms with Crippen LogP contribution in [-0.2, 0) is 0 Å². The van der Waals surface area contributed by atoms with Crippen molar-refractivity contribution in [3.05, 3.63) is 67.0 Å². The number of anilines is 5. The summed E-state index contributed by atoms with van der Waals surface area (Å²) >= 11 is 0. The molecule has 4 rings (SSSR count). The van der Waals surface area contributed by atoms with E-state index in [-0.39, 0.29) is 6.03 Å². The summed E-state index contributed by atoms with van der Waals surface area (Å²) in [4.78, 5) is 27.2. The van der Waals surface area contributed by atoms with Crippen molar-refractivity contribution in [3.8, 4) is 0 Å². The fourth-order valence-corrected chi connectivity index (χ4v) is 3.40. The van der Waals surface area contributed by atoms with E-state index in [1.807, 2.05) is 70.2 Å². The quantitative estimate of drug-likeness (QED) is 0.491. The summed E-state index contributed by atoms with van der Waals surface area (Å²) in [6, 6.07) is 19.1. The molecule has 0 bridgehead atoms. The molecule has 1 aliphatic heterocycles. The molecule has 2 aromatic carbocycles. The van der Waals surface area contributed by atoms with E-state index in [2.05, 4.69) is 49.6 Å². The number of carbonyl (C=O) groups excluding carboxylic acids is 1. The highest BCUT2D eigenvalue weighted by molar-refractivity contribution is 6.00. The Labute approximate surface area is 210 Å². The molecule has 8 heteroatoms. The number of rotatable bonds is 5. The second-order valence-corrected chi connectivity index (χ2v) is 7.58. The fourth-order valence-electron chi connectivity index (χ4n) is 3.40. The summed E-state index contributed by atoms with van der Waals surface area (Å²) in [5, 5.41) is 6.14. The number of piperazine rings is 1. The van der Waals surface area contributed by atoms with Crippen molar-refractivity contribution in [2.75, 3.05) is 60.7 Å². The molecule has 2 heterocycles. The number of likely N-dealkylation sites (N-methyl/N-ethyl adjacent to an activating group) is 1. The average Bonchev–Trinajstić information content (AvgIpc) is 2.92. The van der Waals surface area contributed by atoms with E-state index < -0.39 is 0 Å². The van der Waals surface area contributed by atoms with Crippen LogP contribution in [0.1, 0.15) is 27.7 Å². The average molecular weight is 478 g/mol. The Morgan fingerprint density at radius 1 is 0.857 bits per heavy atom. The molecule has 188 valence electrons. The fraction of sp³-hybridized carbons (Fsp3) is 0.370. The lowest BCUT2D eigenvalue weighted by Crippen LogP contribution is -2.44. The summed E-state index contributed by atoms with van der Waals surface area (Å²) in [5.74, 6) is 1.12. The Hall–Kier alpha value is -3.65. The predicted molar refractivity (Wildman–Crippen MR) is 148 cm³/mol. The van der Waals surface area contributed by atoms with Crippen LogP contribution in [0.3, 0.4) is 0 Å². The first-order chi connectivity index (χ1) is 17.1. The highest BCUT2D eigenvalue weighted by atomic mass is 16.2. The standard InChI is InChI=1S/C23H27N7O.2C2H6/c1-28-12-14-30(15-13-28)20-10-8-19(9-11-20)26-21-16-22(25-17-24-21)29(2)23(31)27-18-6-4-3-5-7-18;2*1-2/h3-11,16-17H,12-15H2,1-2H3,(H,27,31)(H,24,25,26);2*1-2H3. The number of urea groups is 1. The largest absolute Gasteiger partial charge is 0.369 e. The van der Waals surface area contributed by atoms with Gasteiger partial charge in [0.15, 0.2) is 0 Å². The number of aromatic nitrogens is 2. The van der Waals surface area contributed by atoms with Crippen LogP contribution in [0.2, 0.25) is 0 Å². The molecule has 0 atom stereocenters. The molecule has 2 N–H and O–H groups in total. The Balaban J connectivity index is 0.00000103. The molecule has 1 fully saturated rings. The van der Waals surface area contributed by atoms with E-state index >= 15 is 0 Å². The first-order valence-electron chi connectivity index (χ1n) is 12.3. The van der Waals surface area contributed by atoms with Crippen molar-refractivity contribution in [3.63, 3.8) is 0 Å². The molecule has 0 spiro atoms. The maximum atomic E-state index is 12.5. The molecular formula is C27H39N7O. The summed E-state index contributed by atoms with van der Waals surface area (Å²) in [6.45, 7) is 12.2. The zero-order valence-corrected chi connectivity index (χ0v) is 21.8. The Morgan fingerprint density at radius 3 is 2.11 bits per heavy atom. The molecule has 1 aliphatic rings. The minimum absolute atomic E-state index is 0.271. The molecule has 0 unspecified atom stereocenters. The Kier molecular flexibility index (Phi) is 11.5. The number of para-hydroxylation sites is 1. The van der Waals surface area contributed by atoms with E-state index in [1.165, 1.54) is 16.9 Å². The van der Waals surface area contributed by atoms with Gasteiger partial charge in [-0.1, -0.05) is 45.9 Å². The third kappa shape index (κ3) is 8.26. The van der Waals surface area contributed by atoms with E-state index in [9.17, 15) is 4.79 Å². The topological polar surface area (TPSA) is 76.6 Å². The maximum absolute atomic E-state index is 12.5. The van der Waals surface area contributed by atoms with Gasteiger partial charge in [0, 0.05) is 56.4 Å². The molecule has 1 saturated heterocycles. The van der Waals surface area contributed by atoms with Crippen molar-refractivity contribution >= 4 is 34.7 Å². The van der Waals surface area contributed by atoms with Gasteiger partial charge in [-0.25, -0.2) is 14.8 Å². The number of nitrogens with one attached hydrogen (secondary N) is 2. The van der Waals surface area contributed by atoms with Gasteiger partial charge in [-0.05, 0) is 43.4 Å². The van der Waals surface area contributed by atoms with Crippen molar-refractivity contribution in [2.24, 2.45) is 0 Å². The first kappa shape index (κ1) is 27.6. The molecule has 3 aromatic rings. The minimum atomic E-state index is -0.271. The van der Waals surface area contributed by atoms with Crippen molar-refractivity contribution in [1.82, 2.24) is 14.9 Å². The zero-order chi connectivity index (χ0) is 25.6. The predicted octanol–water partition coefficient (Wildman–Crippen LogP) is 5.69. The SMILES string of the molecule is CC.CC.CN1CCN(c2ccc(Nc3cc(N(C)C(=O)Nc4ccccc4)ncn3)cc2)CC1. The molecule has 2 amide bonds. The van der Waals surface area contributed by atoms with Crippen LogP contribution in [0, 0.1) is 0 Å². The smallest absolute Gasteiger partial charge is 0.327 e. The van der Waals surface area contributed by atoms with Gasteiger partial charge in [0.2, 0.25) is 0 Å². The number of carbonyl (C=O) groups is 1. The second kappa shape index (κ2) is 14.6. The van der Waals surface area contributed by atoms with Crippen LogP contribution in [0.5, 0.6) is 0 Å². The zero-order valence-electron chi connectivity index (χ0n) is 21.8. The van der Waals surface area contributed by atoms with Crippen molar-refractivity contribution in [2.45, 2.75) is 27.7 Å². The van der Waals surface area contributed by atoms with Gasteiger partial charge in [0.05, 0.1) is 0 Å². The van der Waals surface area contributed by atoms with E-state index in [1.54, 1.807) is 13.1 Å². The summed E-state index contributed by atoms with van der Waals surface area (Å²) in [6.07, 6.45) is 1.45. The lowest BCUT2D eigenvalue weighted by molar-refractivity contribution is 0.258. The van der Waals surface area contributed by atoms with Crippen LogP contribution in [0.4, 0.5) is 33.5 Å². The minimum Gasteiger partial charge on any atom is -0.369 e. The number of hydrogen-bond acceptors (Lipinski definition) is 6. The normalized spacial score (nSPS) is 12.9. The summed E-state index contributed by atoms with van der Waals surface area (Å²) < 4.78 is 0. The van der Waals surface area contributed by atoms with E-state index in [4.69, 9.17) is 0 Å². The number of hydrogen-bond donors (Lipinski definition) is 2. The molecule has 35 heavy (non-hydrogen) atoms. The van der Waals surface area contributed by atoms with Gasteiger partial charge in [-0.3, -0.25) is 4.90 Å². The van der Waals surface area contributed by atoms with Gasteiger partial charge in [0.1, 0.15) is 18.0 Å². The van der Waals surface area contributed by atoms with E-state index in [0.717, 1.165) is 37.6 Å². The van der Waals surface area contributed by atoms with Crippen LogP contribution in [0.25, 0.3) is 0 Å². The maximum Gasteiger partial charge on any atom is 0.327 e. The molecule has 0 radical (unpaired) electrons. The number of nitrogens with zero attached hydrogens (tertiary/aromatic N) is 5. The summed E-state index contributed by atoms with van der Waals surface area (Å²) in [5.41, 5.74) is 2.88. The van der Waals surface area contributed by atoms with Gasteiger partial charge < -0.3 is 20.4 Å². The third-order valence-corrected chi connectivity index (χ3v) is 5.33. The second-order valence-electron chi connectivity index (χ2n) is 7.58. The third-order valence-electron chi connectivity index (χ3n) is 5.33. The highest BCUT2D eigenvalue weighted by Crippen LogP contribution is 2.23. The summed E-state index contributed by atoms with van der Waals surface area (Å²) in [7, 11) is 3.83. The Morgan fingerprint density at radius 2 is 1.49 bits per heavy atom.